The minimum atomic E-state index is -0.191. The molecule has 0 bridgehead atoms. The Morgan fingerprint density at radius 3 is 2.10 bits per heavy atom. The molecule has 0 amide bonds. The molecular weight excluding hydrogens is 260 g/mol. The van der Waals surface area contributed by atoms with Gasteiger partial charge in [0, 0.05) is 6.54 Å². The van der Waals surface area contributed by atoms with E-state index in [2.05, 4.69) is 0 Å². The summed E-state index contributed by atoms with van der Waals surface area (Å²) in [5.74, 6) is 0. The van der Waals surface area contributed by atoms with Crippen molar-refractivity contribution in [1.29, 1.82) is 0 Å². The minimum absolute atomic E-state index is 0.0455. The molecular formula is C14H32N2O4. The third-order valence-corrected chi connectivity index (χ3v) is 2.72. The van der Waals surface area contributed by atoms with Gasteiger partial charge in [-0.05, 0) is 33.7 Å². The summed E-state index contributed by atoms with van der Waals surface area (Å²) >= 11 is 0. The molecule has 0 aliphatic heterocycles. The second kappa shape index (κ2) is 12.5. The summed E-state index contributed by atoms with van der Waals surface area (Å²) in [4.78, 5) is 0. The van der Waals surface area contributed by atoms with Crippen molar-refractivity contribution in [3.63, 3.8) is 0 Å². The predicted octanol–water partition coefficient (Wildman–Crippen LogP) is 0.527. The summed E-state index contributed by atoms with van der Waals surface area (Å²) in [7, 11) is 0. The van der Waals surface area contributed by atoms with Crippen LogP contribution in [-0.2, 0) is 18.9 Å². The second-order valence-corrected chi connectivity index (χ2v) is 5.30. The molecule has 0 heterocycles. The van der Waals surface area contributed by atoms with Crippen LogP contribution in [0.3, 0.4) is 0 Å². The van der Waals surface area contributed by atoms with Crippen LogP contribution in [-0.4, -0.2) is 64.4 Å². The van der Waals surface area contributed by atoms with E-state index in [-0.39, 0.29) is 11.7 Å². The molecule has 6 heteroatoms. The smallest absolute Gasteiger partial charge is 0.0781 e. The zero-order valence-electron chi connectivity index (χ0n) is 13.2. The van der Waals surface area contributed by atoms with Crippen molar-refractivity contribution < 1.29 is 18.9 Å². The van der Waals surface area contributed by atoms with Crippen molar-refractivity contribution in [3.8, 4) is 0 Å². The van der Waals surface area contributed by atoms with Crippen LogP contribution < -0.4 is 11.5 Å². The standard InChI is InChI=1S/C14H32N2O4/c1-13(12-20-14(2,3)4-5-15)19-11-10-18-9-8-17-7-6-16/h13H,4-12,15-16H2,1-3H3. The molecule has 122 valence electrons. The molecule has 0 spiro atoms. The first kappa shape index (κ1) is 19.8. The highest BCUT2D eigenvalue weighted by Crippen LogP contribution is 2.13. The average molecular weight is 292 g/mol. The summed E-state index contributed by atoms with van der Waals surface area (Å²) in [5.41, 5.74) is 10.6. The van der Waals surface area contributed by atoms with Gasteiger partial charge in [-0.15, -0.1) is 0 Å². The van der Waals surface area contributed by atoms with Crippen molar-refractivity contribution in [1.82, 2.24) is 0 Å². The highest BCUT2D eigenvalue weighted by atomic mass is 16.6. The quantitative estimate of drug-likeness (QED) is 0.454. The van der Waals surface area contributed by atoms with E-state index < -0.39 is 0 Å². The summed E-state index contributed by atoms with van der Waals surface area (Å²) in [6.07, 6.45) is 0.884. The van der Waals surface area contributed by atoms with Crippen LogP contribution in [0.2, 0.25) is 0 Å². The minimum Gasteiger partial charge on any atom is -0.378 e. The van der Waals surface area contributed by atoms with Crippen molar-refractivity contribution in [2.75, 3.05) is 52.7 Å². The molecule has 0 aliphatic rings. The zero-order chi connectivity index (χ0) is 15.3. The van der Waals surface area contributed by atoms with Gasteiger partial charge >= 0.3 is 0 Å². The summed E-state index contributed by atoms with van der Waals surface area (Å²) in [6, 6.07) is 0. The lowest BCUT2D eigenvalue weighted by molar-refractivity contribution is -0.0852. The zero-order valence-corrected chi connectivity index (χ0v) is 13.2. The van der Waals surface area contributed by atoms with E-state index in [0.717, 1.165) is 6.42 Å². The maximum absolute atomic E-state index is 5.78. The van der Waals surface area contributed by atoms with E-state index in [1.165, 1.54) is 0 Å². The maximum atomic E-state index is 5.78. The maximum Gasteiger partial charge on any atom is 0.0781 e. The first-order chi connectivity index (χ1) is 9.52. The third-order valence-electron chi connectivity index (χ3n) is 2.72. The Morgan fingerprint density at radius 2 is 1.50 bits per heavy atom. The van der Waals surface area contributed by atoms with Crippen LogP contribution in [0.4, 0.5) is 0 Å². The number of hydrogen-bond donors (Lipinski definition) is 2. The molecule has 0 saturated heterocycles. The Kier molecular flexibility index (Phi) is 12.3. The van der Waals surface area contributed by atoms with Gasteiger partial charge in [-0.25, -0.2) is 0 Å². The molecule has 0 saturated carbocycles. The molecule has 20 heavy (non-hydrogen) atoms. The van der Waals surface area contributed by atoms with Gasteiger partial charge in [-0.1, -0.05) is 0 Å². The van der Waals surface area contributed by atoms with Gasteiger partial charge in [0.25, 0.3) is 0 Å². The van der Waals surface area contributed by atoms with Gasteiger partial charge in [-0.2, -0.15) is 0 Å². The molecule has 4 N–H and O–H groups in total. The van der Waals surface area contributed by atoms with Crippen molar-refractivity contribution >= 4 is 0 Å². The monoisotopic (exact) mass is 292 g/mol. The van der Waals surface area contributed by atoms with Crippen molar-refractivity contribution in [2.24, 2.45) is 11.5 Å². The summed E-state index contributed by atoms with van der Waals surface area (Å²) in [6.45, 7) is 10.6. The fourth-order valence-electron chi connectivity index (χ4n) is 1.52. The molecule has 0 fully saturated rings. The van der Waals surface area contributed by atoms with Gasteiger partial charge in [0.2, 0.25) is 0 Å². The SMILES string of the molecule is CC(COC(C)(C)CCN)OCCOCCOCCN. The third kappa shape index (κ3) is 12.8. The van der Waals surface area contributed by atoms with Gasteiger partial charge in [0.15, 0.2) is 0 Å². The lowest BCUT2D eigenvalue weighted by Gasteiger charge is -2.26. The van der Waals surface area contributed by atoms with E-state index in [1.54, 1.807) is 0 Å². The van der Waals surface area contributed by atoms with E-state index in [0.29, 0.717) is 52.7 Å². The number of ether oxygens (including phenoxy) is 4. The first-order valence-corrected chi connectivity index (χ1v) is 7.33. The van der Waals surface area contributed by atoms with Crippen LogP contribution in [0, 0.1) is 0 Å². The van der Waals surface area contributed by atoms with Crippen LogP contribution in [0.25, 0.3) is 0 Å². The molecule has 0 rings (SSSR count). The number of nitrogens with two attached hydrogens (primary N) is 2. The largest absolute Gasteiger partial charge is 0.378 e. The van der Waals surface area contributed by atoms with E-state index >= 15 is 0 Å². The first-order valence-electron chi connectivity index (χ1n) is 7.33. The van der Waals surface area contributed by atoms with Gasteiger partial charge in [0.05, 0.1) is 51.3 Å². The van der Waals surface area contributed by atoms with Gasteiger partial charge in [-0.3, -0.25) is 0 Å². The highest BCUT2D eigenvalue weighted by molar-refractivity contribution is 4.69. The van der Waals surface area contributed by atoms with E-state index in [9.17, 15) is 0 Å². The Hall–Kier alpha value is -0.240. The fraction of sp³-hybridized carbons (Fsp3) is 1.00. The molecule has 0 aromatic rings. The molecule has 6 nitrogen and oxygen atoms in total. The number of hydrogen-bond acceptors (Lipinski definition) is 6. The molecule has 0 aliphatic carbocycles. The second-order valence-electron chi connectivity index (χ2n) is 5.30. The topological polar surface area (TPSA) is 89.0 Å². The van der Waals surface area contributed by atoms with E-state index in [1.807, 2.05) is 20.8 Å². The normalized spacial score (nSPS) is 13.7. The van der Waals surface area contributed by atoms with E-state index in [4.69, 9.17) is 30.4 Å². The van der Waals surface area contributed by atoms with Gasteiger partial charge in [0.1, 0.15) is 0 Å². The molecule has 0 radical (unpaired) electrons. The van der Waals surface area contributed by atoms with Gasteiger partial charge < -0.3 is 30.4 Å². The summed E-state index contributed by atoms with van der Waals surface area (Å²) < 4.78 is 21.9. The Bertz CT molecular complexity index is 215. The lowest BCUT2D eigenvalue weighted by atomic mass is 10.1. The Morgan fingerprint density at radius 1 is 0.900 bits per heavy atom. The predicted molar refractivity (Wildman–Crippen MR) is 79.8 cm³/mol. The van der Waals surface area contributed by atoms with Crippen molar-refractivity contribution in [2.45, 2.75) is 38.9 Å². The molecule has 1 atom stereocenters. The number of rotatable bonds is 14. The molecule has 0 aromatic heterocycles. The van der Waals surface area contributed by atoms with Crippen LogP contribution in [0.5, 0.6) is 0 Å². The summed E-state index contributed by atoms with van der Waals surface area (Å²) in [5, 5.41) is 0. The molecule has 0 aromatic carbocycles. The highest BCUT2D eigenvalue weighted by Gasteiger charge is 2.18. The van der Waals surface area contributed by atoms with Crippen molar-refractivity contribution in [3.05, 3.63) is 0 Å². The van der Waals surface area contributed by atoms with Crippen LogP contribution >= 0.6 is 0 Å². The van der Waals surface area contributed by atoms with Crippen LogP contribution in [0.15, 0.2) is 0 Å². The lowest BCUT2D eigenvalue weighted by Crippen LogP contribution is -2.32. The molecule has 1 unspecified atom stereocenters. The fourth-order valence-corrected chi connectivity index (χ4v) is 1.52. The Balaban J connectivity index is 3.38. The Labute approximate surface area is 123 Å². The average Bonchev–Trinajstić information content (AvgIpc) is 2.39. The van der Waals surface area contributed by atoms with Crippen LogP contribution in [0.1, 0.15) is 27.2 Å².